The lowest BCUT2D eigenvalue weighted by molar-refractivity contribution is -0.131. The number of nitrogens with two attached hydrogens (primary N) is 1. The van der Waals surface area contributed by atoms with Gasteiger partial charge in [-0.3, -0.25) is 19.2 Å². The van der Waals surface area contributed by atoms with Gasteiger partial charge in [0.05, 0.1) is 50.2 Å². The first-order chi connectivity index (χ1) is 16.8. The average molecular weight is 520 g/mol. The molecule has 0 fully saturated rings. The van der Waals surface area contributed by atoms with Crippen LogP contribution < -0.4 is 16.4 Å². The molecule has 0 heterocycles. The van der Waals surface area contributed by atoms with Crippen molar-refractivity contribution in [3.8, 4) is 0 Å². The smallest absolute Gasteiger partial charge is 0.246 e. The molecule has 0 saturated heterocycles. The molecule has 1 atom stereocenters. The second-order valence-corrected chi connectivity index (χ2v) is 9.20. The summed E-state index contributed by atoms with van der Waals surface area (Å²) in [5.74, 6) is -0.760. The van der Waals surface area contributed by atoms with Crippen LogP contribution in [-0.4, -0.2) is 93.4 Å². The lowest BCUT2D eigenvalue weighted by Crippen LogP contribution is -2.47. The first kappa shape index (κ1) is 36.2. The minimum absolute atomic E-state index is 0.00651. The van der Waals surface area contributed by atoms with Gasteiger partial charge in [-0.1, -0.05) is 0 Å². The number of nitrogens with one attached hydrogen (secondary N) is 2. The Labute approximate surface area is 216 Å². The molecule has 11 heteroatoms. The maximum absolute atomic E-state index is 11.8. The van der Waals surface area contributed by atoms with Crippen LogP contribution in [0.4, 0.5) is 0 Å². The van der Waals surface area contributed by atoms with Gasteiger partial charge in [-0.15, -0.1) is 0 Å². The van der Waals surface area contributed by atoms with Crippen LogP contribution in [0.1, 0.15) is 68.2 Å². The van der Waals surface area contributed by atoms with Gasteiger partial charge in [-0.05, 0) is 55.4 Å². The van der Waals surface area contributed by atoms with E-state index in [-0.39, 0.29) is 80.5 Å². The normalized spacial score (nSPS) is 11.9. The Morgan fingerprint density at radius 2 is 1.11 bits per heavy atom. The molecule has 0 aromatic rings. The number of hydrogen-bond donors (Lipinski definition) is 3. The fourth-order valence-corrected chi connectivity index (χ4v) is 2.31. The highest BCUT2D eigenvalue weighted by Crippen LogP contribution is 1.96. The van der Waals surface area contributed by atoms with E-state index in [1.54, 1.807) is 0 Å². The van der Waals surface area contributed by atoms with Gasteiger partial charge < -0.3 is 35.3 Å². The Bertz CT molecular complexity index is 624. The van der Waals surface area contributed by atoms with Crippen molar-refractivity contribution in [1.82, 2.24) is 10.6 Å². The van der Waals surface area contributed by atoms with Crippen LogP contribution in [0.3, 0.4) is 0 Å². The number of amides is 2. The number of Topliss-reactive ketones (excluding diaryl/α,β-unsaturated/α-hetero) is 2. The van der Waals surface area contributed by atoms with E-state index in [1.165, 1.54) is 0 Å². The van der Waals surface area contributed by atoms with Crippen molar-refractivity contribution in [3.63, 3.8) is 0 Å². The van der Waals surface area contributed by atoms with Gasteiger partial charge in [0, 0.05) is 19.4 Å². The van der Waals surface area contributed by atoms with Crippen LogP contribution >= 0.6 is 0 Å². The third-order valence-corrected chi connectivity index (χ3v) is 4.17. The molecule has 0 aliphatic heterocycles. The first-order valence-electron chi connectivity index (χ1n) is 12.5. The van der Waals surface area contributed by atoms with Crippen molar-refractivity contribution >= 4 is 23.4 Å². The van der Waals surface area contributed by atoms with Crippen molar-refractivity contribution in [2.75, 3.05) is 39.5 Å². The van der Waals surface area contributed by atoms with Crippen LogP contribution in [0.2, 0.25) is 0 Å². The van der Waals surface area contributed by atoms with Crippen LogP contribution in [0.15, 0.2) is 0 Å². The largest absolute Gasteiger partial charge is 0.378 e. The molecule has 0 aliphatic carbocycles. The van der Waals surface area contributed by atoms with Crippen molar-refractivity contribution in [2.45, 2.75) is 98.7 Å². The first-order valence-corrected chi connectivity index (χ1v) is 12.5. The number of ether oxygens (including phenoxy) is 4. The van der Waals surface area contributed by atoms with Crippen LogP contribution in [0.5, 0.6) is 0 Å². The zero-order valence-electron chi connectivity index (χ0n) is 23.4. The zero-order chi connectivity index (χ0) is 28.1. The standard InChI is InChI=1S/C13H26N2O4.C12H23NO4/c1-9(2)18-6-5-12(16)11(7-14)15-13(17)8-19-10(3)4;1-9(2)16-6-5-11(14)7-13-12(15)8-17-10(3)4/h9-11H,5-8,14H2,1-4H3,(H,15,17);9-10H,5-8H2,1-4H3,(H,13,15). The van der Waals surface area contributed by atoms with E-state index < -0.39 is 6.04 Å². The van der Waals surface area contributed by atoms with E-state index in [0.717, 1.165) is 0 Å². The summed E-state index contributed by atoms with van der Waals surface area (Å²) in [6.07, 6.45) is 0.748. The quantitative estimate of drug-likeness (QED) is 0.228. The van der Waals surface area contributed by atoms with Gasteiger partial charge in [0.15, 0.2) is 11.6 Å². The summed E-state index contributed by atoms with van der Waals surface area (Å²) in [6, 6.07) is -0.668. The molecular weight excluding hydrogens is 470 g/mol. The summed E-state index contributed by atoms with van der Waals surface area (Å²) in [4.78, 5) is 45.9. The molecule has 0 rings (SSSR count). The molecule has 4 N–H and O–H groups in total. The lowest BCUT2D eigenvalue weighted by Gasteiger charge is -2.17. The SMILES string of the molecule is CC(C)OCCC(=O)C(CN)NC(=O)COC(C)C.CC(C)OCCC(=O)CNC(=O)COC(C)C. The van der Waals surface area contributed by atoms with Gasteiger partial charge in [0.1, 0.15) is 13.2 Å². The van der Waals surface area contributed by atoms with Gasteiger partial charge in [0.25, 0.3) is 0 Å². The van der Waals surface area contributed by atoms with Gasteiger partial charge in [-0.25, -0.2) is 0 Å². The molecule has 0 spiro atoms. The van der Waals surface area contributed by atoms with E-state index in [1.807, 2.05) is 55.4 Å². The summed E-state index contributed by atoms with van der Waals surface area (Å²) in [5, 5.41) is 5.07. The molecule has 1 unspecified atom stereocenters. The number of rotatable bonds is 19. The Morgan fingerprint density at radius 3 is 1.56 bits per heavy atom. The Morgan fingerprint density at radius 1 is 0.667 bits per heavy atom. The molecular formula is C25H49N3O8. The van der Waals surface area contributed by atoms with Crippen molar-refractivity contribution in [2.24, 2.45) is 5.73 Å². The Hall–Kier alpha value is -1.92. The maximum Gasteiger partial charge on any atom is 0.246 e. The number of ketones is 2. The van der Waals surface area contributed by atoms with E-state index in [0.29, 0.717) is 19.6 Å². The predicted octanol–water partition coefficient (Wildman–Crippen LogP) is 1.15. The van der Waals surface area contributed by atoms with E-state index in [9.17, 15) is 19.2 Å². The lowest BCUT2D eigenvalue weighted by atomic mass is 10.1. The van der Waals surface area contributed by atoms with Crippen LogP contribution in [0, 0.1) is 0 Å². The number of carbonyl (C=O) groups excluding carboxylic acids is 4. The minimum Gasteiger partial charge on any atom is -0.378 e. The highest BCUT2D eigenvalue weighted by atomic mass is 16.5. The molecule has 0 bridgehead atoms. The van der Waals surface area contributed by atoms with E-state index >= 15 is 0 Å². The topological polar surface area (TPSA) is 155 Å². The summed E-state index contributed by atoms with van der Waals surface area (Å²) >= 11 is 0. The average Bonchev–Trinajstić information content (AvgIpc) is 2.78. The highest BCUT2D eigenvalue weighted by molar-refractivity contribution is 5.89. The molecule has 212 valence electrons. The Balaban J connectivity index is 0. The monoisotopic (exact) mass is 519 g/mol. The summed E-state index contributed by atoms with van der Waals surface area (Å²) in [6.45, 7) is 15.8. The third kappa shape index (κ3) is 25.2. The van der Waals surface area contributed by atoms with Gasteiger partial charge in [-0.2, -0.15) is 0 Å². The zero-order valence-corrected chi connectivity index (χ0v) is 23.4. The van der Waals surface area contributed by atoms with Gasteiger partial charge in [0.2, 0.25) is 11.8 Å². The number of carbonyl (C=O) groups is 4. The second kappa shape index (κ2) is 22.3. The van der Waals surface area contributed by atoms with E-state index in [4.69, 9.17) is 24.7 Å². The molecule has 11 nitrogen and oxygen atoms in total. The predicted molar refractivity (Wildman–Crippen MR) is 138 cm³/mol. The summed E-state index contributed by atoms with van der Waals surface area (Å²) < 4.78 is 20.8. The third-order valence-electron chi connectivity index (χ3n) is 4.17. The molecule has 0 aromatic heterocycles. The maximum atomic E-state index is 11.8. The molecule has 2 amide bonds. The van der Waals surface area contributed by atoms with Crippen LogP contribution in [0.25, 0.3) is 0 Å². The van der Waals surface area contributed by atoms with Crippen molar-refractivity contribution < 1.29 is 38.1 Å². The highest BCUT2D eigenvalue weighted by Gasteiger charge is 2.19. The van der Waals surface area contributed by atoms with E-state index in [2.05, 4.69) is 10.6 Å². The molecule has 0 radical (unpaired) electrons. The van der Waals surface area contributed by atoms with Gasteiger partial charge >= 0.3 is 0 Å². The van der Waals surface area contributed by atoms with Crippen LogP contribution in [-0.2, 0) is 38.1 Å². The van der Waals surface area contributed by atoms with Crippen molar-refractivity contribution in [1.29, 1.82) is 0 Å². The molecule has 0 saturated carbocycles. The van der Waals surface area contributed by atoms with Crippen molar-refractivity contribution in [3.05, 3.63) is 0 Å². The minimum atomic E-state index is -0.668. The second-order valence-electron chi connectivity index (χ2n) is 9.20. The summed E-state index contributed by atoms with van der Waals surface area (Å²) in [7, 11) is 0. The Kier molecular flexibility index (Phi) is 22.4. The fraction of sp³-hybridized carbons (Fsp3) is 0.840. The summed E-state index contributed by atoms with van der Waals surface area (Å²) in [5.41, 5.74) is 5.49. The molecule has 0 aromatic carbocycles. The fourth-order valence-electron chi connectivity index (χ4n) is 2.31. The molecule has 0 aliphatic rings. The molecule has 36 heavy (non-hydrogen) atoms. The number of hydrogen-bond acceptors (Lipinski definition) is 9.